The lowest BCUT2D eigenvalue weighted by atomic mass is 9.78. The molecule has 0 amide bonds. The van der Waals surface area contributed by atoms with Crippen LogP contribution in [0.3, 0.4) is 0 Å². The van der Waals surface area contributed by atoms with Crippen molar-refractivity contribution in [3.05, 3.63) is 0 Å². The smallest absolute Gasteiger partial charge is 0.277 e. The topological polar surface area (TPSA) is 84.2 Å². The lowest BCUT2D eigenvalue weighted by Crippen LogP contribution is -2.58. The Morgan fingerprint density at radius 2 is 1.89 bits per heavy atom. The SMILES string of the molecule is CC(C)CNS(=O)(=O)NC1(CN)CCC(C)CC1. The molecule has 1 rings (SSSR count). The van der Waals surface area contributed by atoms with E-state index in [9.17, 15) is 8.42 Å². The zero-order valence-corrected chi connectivity index (χ0v) is 12.5. The molecule has 0 aromatic carbocycles. The van der Waals surface area contributed by atoms with Gasteiger partial charge in [-0.25, -0.2) is 4.72 Å². The molecule has 1 aliphatic rings. The van der Waals surface area contributed by atoms with Crippen LogP contribution < -0.4 is 15.2 Å². The number of hydrogen-bond donors (Lipinski definition) is 3. The first-order valence-corrected chi connectivity index (χ1v) is 8.25. The number of rotatable bonds is 6. The summed E-state index contributed by atoms with van der Waals surface area (Å²) in [5.41, 5.74) is 5.34. The second-order valence-electron chi connectivity index (χ2n) is 6.01. The zero-order valence-electron chi connectivity index (χ0n) is 11.7. The van der Waals surface area contributed by atoms with Gasteiger partial charge in [0.2, 0.25) is 0 Å². The standard InChI is InChI=1S/C12H27N3O2S/c1-10(2)8-14-18(16,17)15-12(9-13)6-4-11(3)5-7-12/h10-11,14-15H,4-9,13H2,1-3H3. The van der Waals surface area contributed by atoms with Gasteiger partial charge in [0.05, 0.1) is 0 Å². The summed E-state index contributed by atoms with van der Waals surface area (Å²) in [6.45, 7) is 6.97. The summed E-state index contributed by atoms with van der Waals surface area (Å²) in [5, 5.41) is 0. The third-order valence-electron chi connectivity index (χ3n) is 3.65. The van der Waals surface area contributed by atoms with Crippen molar-refractivity contribution in [2.45, 2.75) is 52.0 Å². The molecule has 0 atom stereocenters. The molecule has 0 saturated heterocycles. The van der Waals surface area contributed by atoms with Crippen LogP contribution in [0, 0.1) is 11.8 Å². The van der Waals surface area contributed by atoms with Crippen molar-refractivity contribution in [3.63, 3.8) is 0 Å². The molecule has 108 valence electrons. The molecule has 4 N–H and O–H groups in total. The van der Waals surface area contributed by atoms with Crippen molar-refractivity contribution in [1.29, 1.82) is 0 Å². The largest absolute Gasteiger partial charge is 0.329 e. The van der Waals surface area contributed by atoms with Gasteiger partial charge in [-0.1, -0.05) is 20.8 Å². The van der Waals surface area contributed by atoms with Gasteiger partial charge in [0.25, 0.3) is 10.2 Å². The van der Waals surface area contributed by atoms with Gasteiger partial charge in [-0.15, -0.1) is 0 Å². The van der Waals surface area contributed by atoms with Crippen LogP contribution in [-0.2, 0) is 10.2 Å². The summed E-state index contributed by atoms with van der Waals surface area (Å²) in [6.07, 6.45) is 3.72. The van der Waals surface area contributed by atoms with Gasteiger partial charge in [-0.05, 0) is 37.5 Å². The zero-order chi connectivity index (χ0) is 13.8. The van der Waals surface area contributed by atoms with Crippen molar-refractivity contribution < 1.29 is 8.42 Å². The van der Waals surface area contributed by atoms with Crippen LogP contribution in [0.4, 0.5) is 0 Å². The Labute approximate surface area is 111 Å². The number of nitrogens with two attached hydrogens (primary N) is 1. The highest BCUT2D eigenvalue weighted by Gasteiger charge is 2.36. The van der Waals surface area contributed by atoms with Crippen molar-refractivity contribution in [2.24, 2.45) is 17.6 Å². The highest BCUT2D eigenvalue weighted by Crippen LogP contribution is 2.31. The first-order valence-electron chi connectivity index (χ1n) is 6.77. The van der Waals surface area contributed by atoms with Gasteiger partial charge in [0.15, 0.2) is 0 Å². The fourth-order valence-corrected chi connectivity index (χ4v) is 3.74. The van der Waals surface area contributed by atoms with E-state index in [2.05, 4.69) is 16.4 Å². The van der Waals surface area contributed by atoms with Crippen LogP contribution in [0.25, 0.3) is 0 Å². The normalized spacial score (nSPS) is 29.7. The summed E-state index contributed by atoms with van der Waals surface area (Å²) in [4.78, 5) is 0. The maximum Gasteiger partial charge on any atom is 0.277 e. The van der Waals surface area contributed by atoms with Gasteiger partial charge in [-0.3, -0.25) is 0 Å². The summed E-state index contributed by atoms with van der Waals surface area (Å²) in [7, 11) is -3.44. The van der Waals surface area contributed by atoms with E-state index in [4.69, 9.17) is 5.73 Å². The summed E-state index contributed by atoms with van der Waals surface area (Å²) in [6, 6.07) is 0. The molecule has 0 radical (unpaired) electrons. The summed E-state index contributed by atoms with van der Waals surface area (Å²) in [5.74, 6) is 0.958. The molecule has 0 bridgehead atoms. The Bertz CT molecular complexity index is 346. The average Bonchev–Trinajstić information content (AvgIpc) is 2.30. The Morgan fingerprint density at radius 3 is 2.33 bits per heavy atom. The van der Waals surface area contributed by atoms with Gasteiger partial charge in [0.1, 0.15) is 0 Å². The van der Waals surface area contributed by atoms with Crippen molar-refractivity contribution >= 4 is 10.2 Å². The maximum atomic E-state index is 12.0. The number of hydrogen-bond acceptors (Lipinski definition) is 3. The first kappa shape index (κ1) is 15.9. The van der Waals surface area contributed by atoms with E-state index >= 15 is 0 Å². The molecule has 18 heavy (non-hydrogen) atoms. The molecule has 5 nitrogen and oxygen atoms in total. The molecule has 0 heterocycles. The van der Waals surface area contributed by atoms with E-state index in [-0.39, 0.29) is 0 Å². The molecular formula is C12H27N3O2S. The highest BCUT2D eigenvalue weighted by atomic mass is 32.2. The lowest BCUT2D eigenvalue weighted by Gasteiger charge is -2.38. The van der Waals surface area contributed by atoms with Crippen LogP contribution in [0.2, 0.25) is 0 Å². The van der Waals surface area contributed by atoms with Crippen LogP contribution >= 0.6 is 0 Å². The van der Waals surface area contributed by atoms with E-state index in [1.54, 1.807) is 0 Å². The minimum absolute atomic E-state index is 0.293. The maximum absolute atomic E-state index is 12.0. The Balaban J connectivity index is 2.62. The van der Waals surface area contributed by atoms with Gasteiger partial charge in [-0.2, -0.15) is 13.1 Å². The fraction of sp³-hybridized carbons (Fsp3) is 1.00. The van der Waals surface area contributed by atoms with E-state index < -0.39 is 15.7 Å². The van der Waals surface area contributed by atoms with Crippen LogP contribution in [0.15, 0.2) is 0 Å². The van der Waals surface area contributed by atoms with E-state index in [1.165, 1.54) is 0 Å². The minimum atomic E-state index is -3.44. The molecule has 1 aliphatic carbocycles. The highest BCUT2D eigenvalue weighted by molar-refractivity contribution is 7.87. The van der Waals surface area contributed by atoms with Crippen molar-refractivity contribution in [3.8, 4) is 0 Å². The van der Waals surface area contributed by atoms with E-state index in [0.717, 1.165) is 25.7 Å². The number of nitrogens with one attached hydrogen (secondary N) is 2. The van der Waals surface area contributed by atoms with Crippen molar-refractivity contribution in [2.75, 3.05) is 13.1 Å². The Hall–Kier alpha value is -0.170. The molecular weight excluding hydrogens is 250 g/mol. The van der Waals surface area contributed by atoms with Gasteiger partial charge >= 0.3 is 0 Å². The molecule has 1 saturated carbocycles. The third kappa shape index (κ3) is 4.84. The first-order chi connectivity index (χ1) is 8.29. The van der Waals surface area contributed by atoms with Crippen LogP contribution in [0.1, 0.15) is 46.5 Å². The van der Waals surface area contributed by atoms with E-state index in [0.29, 0.717) is 24.9 Å². The monoisotopic (exact) mass is 277 g/mol. The van der Waals surface area contributed by atoms with Gasteiger partial charge in [0, 0.05) is 18.6 Å². The molecule has 0 aromatic heterocycles. The van der Waals surface area contributed by atoms with Crippen LogP contribution in [-0.4, -0.2) is 27.0 Å². The molecule has 0 unspecified atom stereocenters. The third-order valence-corrected chi connectivity index (χ3v) is 4.90. The molecule has 0 spiro atoms. The quantitative estimate of drug-likeness (QED) is 0.676. The van der Waals surface area contributed by atoms with Gasteiger partial charge < -0.3 is 5.73 Å². The Morgan fingerprint density at radius 1 is 1.33 bits per heavy atom. The van der Waals surface area contributed by atoms with Crippen LogP contribution in [0.5, 0.6) is 0 Å². The predicted molar refractivity (Wildman–Crippen MR) is 74.3 cm³/mol. The fourth-order valence-electron chi connectivity index (χ4n) is 2.26. The molecule has 0 aliphatic heterocycles. The second-order valence-corrected chi connectivity index (χ2v) is 7.51. The van der Waals surface area contributed by atoms with E-state index in [1.807, 2.05) is 13.8 Å². The average molecular weight is 277 g/mol. The summed E-state index contributed by atoms with van der Waals surface area (Å²) < 4.78 is 29.3. The molecule has 0 aromatic rings. The minimum Gasteiger partial charge on any atom is -0.329 e. The second kappa shape index (κ2) is 6.32. The lowest BCUT2D eigenvalue weighted by molar-refractivity contribution is 0.230. The predicted octanol–water partition coefficient (Wildman–Crippen LogP) is 0.974. The molecule has 6 heteroatoms. The summed E-state index contributed by atoms with van der Waals surface area (Å²) >= 11 is 0. The molecule has 1 fully saturated rings. The Kier molecular flexibility index (Phi) is 5.58. The van der Waals surface area contributed by atoms with Crippen molar-refractivity contribution in [1.82, 2.24) is 9.44 Å².